The number of aliphatic hydroxyl groups excluding tert-OH is 1. The van der Waals surface area contributed by atoms with Crippen LogP contribution >= 0.6 is 11.8 Å². The molecule has 0 saturated heterocycles. The first kappa shape index (κ1) is 14.2. The van der Waals surface area contributed by atoms with Gasteiger partial charge in [0.25, 0.3) is 0 Å². The van der Waals surface area contributed by atoms with Gasteiger partial charge in [0.05, 0.1) is 23.4 Å². The van der Waals surface area contributed by atoms with Crippen molar-refractivity contribution in [2.24, 2.45) is 4.99 Å². The summed E-state index contributed by atoms with van der Waals surface area (Å²) in [7, 11) is 0. The third-order valence-electron chi connectivity index (χ3n) is 3.60. The quantitative estimate of drug-likeness (QED) is 0.861. The number of aliphatic imine (C=N–C) groups is 1. The number of benzene rings is 1. The highest BCUT2D eigenvalue weighted by molar-refractivity contribution is 8.13. The van der Waals surface area contributed by atoms with Gasteiger partial charge in [-0.1, -0.05) is 11.8 Å². The topological polar surface area (TPSA) is 74.8 Å². The van der Waals surface area contributed by atoms with Gasteiger partial charge < -0.3 is 14.6 Å². The molecule has 0 spiro atoms. The van der Waals surface area contributed by atoms with E-state index in [4.69, 9.17) is 14.7 Å². The Morgan fingerprint density at radius 1 is 1.48 bits per heavy atom. The number of hydrogen-bond acceptors (Lipinski definition) is 6. The minimum absolute atomic E-state index is 0.270. The second-order valence-electron chi connectivity index (χ2n) is 5.55. The highest BCUT2D eigenvalue weighted by Gasteiger charge is 2.44. The molecule has 2 atom stereocenters. The third kappa shape index (κ3) is 2.59. The highest BCUT2D eigenvalue weighted by atomic mass is 32.2. The fourth-order valence-corrected chi connectivity index (χ4v) is 3.74. The van der Waals surface area contributed by atoms with Crippen molar-refractivity contribution in [2.75, 3.05) is 13.2 Å². The van der Waals surface area contributed by atoms with Crippen LogP contribution in [-0.4, -0.2) is 35.2 Å². The zero-order valence-electron chi connectivity index (χ0n) is 11.9. The Labute approximate surface area is 127 Å². The summed E-state index contributed by atoms with van der Waals surface area (Å²) in [5.41, 5.74) is 0.644. The van der Waals surface area contributed by atoms with Crippen molar-refractivity contribution in [3.8, 4) is 11.8 Å². The molecule has 0 aromatic heterocycles. The molecule has 2 aliphatic heterocycles. The predicted molar refractivity (Wildman–Crippen MR) is 80.5 cm³/mol. The summed E-state index contributed by atoms with van der Waals surface area (Å²) in [4.78, 5) is 4.27. The molecule has 1 N–H and O–H groups in total. The van der Waals surface area contributed by atoms with E-state index in [1.807, 2.05) is 13.8 Å². The van der Waals surface area contributed by atoms with Crippen LogP contribution in [0, 0.1) is 11.3 Å². The lowest BCUT2D eigenvalue weighted by Gasteiger charge is -2.41. The first-order chi connectivity index (χ1) is 10.0. The van der Waals surface area contributed by atoms with Gasteiger partial charge in [0.1, 0.15) is 24.1 Å². The molecular formula is C15H16N2O3S. The average Bonchev–Trinajstić information content (AvgIpc) is 2.96. The molecule has 3 rings (SSSR count). The molecular weight excluding hydrogens is 288 g/mol. The van der Waals surface area contributed by atoms with Gasteiger partial charge in [-0.2, -0.15) is 5.26 Å². The van der Waals surface area contributed by atoms with Crippen molar-refractivity contribution in [1.82, 2.24) is 0 Å². The molecule has 0 bridgehead atoms. The number of ether oxygens (including phenoxy) is 2. The number of aliphatic hydroxyl groups is 1. The number of nitrogens with zero attached hydrogens (tertiary/aromatic N) is 2. The van der Waals surface area contributed by atoms with Crippen LogP contribution in [0.3, 0.4) is 0 Å². The highest BCUT2D eigenvalue weighted by Crippen LogP contribution is 2.47. The lowest BCUT2D eigenvalue weighted by Crippen LogP contribution is -2.48. The number of thioether (sulfide) groups is 1. The fourth-order valence-electron chi connectivity index (χ4n) is 2.44. The maximum absolute atomic E-state index is 10.6. The van der Waals surface area contributed by atoms with E-state index in [0.29, 0.717) is 29.7 Å². The molecule has 2 heterocycles. The molecule has 0 saturated carbocycles. The van der Waals surface area contributed by atoms with Crippen molar-refractivity contribution in [3.63, 3.8) is 0 Å². The second-order valence-corrected chi connectivity index (χ2v) is 6.64. The van der Waals surface area contributed by atoms with Crippen LogP contribution in [0.4, 0.5) is 0 Å². The first-order valence-electron chi connectivity index (χ1n) is 6.76. The maximum atomic E-state index is 10.6. The van der Waals surface area contributed by atoms with Crippen molar-refractivity contribution in [2.45, 2.75) is 30.8 Å². The third-order valence-corrected chi connectivity index (χ3v) is 4.82. The summed E-state index contributed by atoms with van der Waals surface area (Å²) >= 11 is 1.39. The van der Waals surface area contributed by atoms with Crippen LogP contribution in [0.2, 0.25) is 0 Å². The minimum atomic E-state index is -0.726. The zero-order chi connectivity index (χ0) is 15.0. The average molecular weight is 304 g/mol. The molecule has 21 heavy (non-hydrogen) atoms. The van der Waals surface area contributed by atoms with Crippen LogP contribution in [0.1, 0.15) is 30.2 Å². The van der Waals surface area contributed by atoms with Gasteiger partial charge in [0.2, 0.25) is 5.23 Å². The Morgan fingerprint density at radius 2 is 2.29 bits per heavy atom. The SMILES string of the molecule is CC1(C)Oc2ccc(C#N)cc2[C@@H](SC2=NCCO2)[C@@H]1O. The number of fused-ring (bicyclic) bond motifs is 1. The Kier molecular flexibility index (Phi) is 3.56. The van der Waals surface area contributed by atoms with Gasteiger partial charge in [-0.25, -0.2) is 4.99 Å². The van der Waals surface area contributed by atoms with Crippen molar-refractivity contribution < 1.29 is 14.6 Å². The monoisotopic (exact) mass is 304 g/mol. The first-order valence-corrected chi connectivity index (χ1v) is 7.64. The molecule has 0 aliphatic carbocycles. The molecule has 6 heteroatoms. The fraction of sp³-hybridized carbons (Fsp3) is 0.467. The molecule has 0 unspecified atom stereocenters. The Morgan fingerprint density at radius 3 is 2.95 bits per heavy atom. The van der Waals surface area contributed by atoms with Gasteiger partial charge in [0, 0.05) is 5.56 Å². The molecule has 1 aromatic rings. The lowest BCUT2D eigenvalue weighted by atomic mass is 9.90. The molecule has 0 fully saturated rings. The molecule has 2 aliphatic rings. The predicted octanol–water partition coefficient (Wildman–Crippen LogP) is 2.25. The summed E-state index contributed by atoms with van der Waals surface area (Å²) in [6.07, 6.45) is -0.726. The van der Waals surface area contributed by atoms with Crippen LogP contribution in [0.5, 0.6) is 5.75 Å². The molecule has 0 radical (unpaired) electrons. The van der Waals surface area contributed by atoms with E-state index in [0.717, 1.165) is 5.56 Å². The van der Waals surface area contributed by atoms with Gasteiger partial charge in [0.15, 0.2) is 0 Å². The summed E-state index contributed by atoms with van der Waals surface area (Å²) in [6.45, 7) is 4.93. The van der Waals surface area contributed by atoms with Crippen LogP contribution in [0.15, 0.2) is 23.2 Å². The van der Waals surface area contributed by atoms with Gasteiger partial charge in [-0.05, 0) is 32.0 Å². The van der Waals surface area contributed by atoms with Crippen molar-refractivity contribution in [1.29, 1.82) is 5.26 Å². The van der Waals surface area contributed by atoms with E-state index in [2.05, 4.69) is 11.1 Å². The second kappa shape index (κ2) is 5.24. The molecule has 0 amide bonds. The Hall–Kier alpha value is -1.71. The van der Waals surface area contributed by atoms with E-state index in [1.54, 1.807) is 18.2 Å². The smallest absolute Gasteiger partial charge is 0.246 e. The van der Waals surface area contributed by atoms with E-state index in [1.165, 1.54) is 11.8 Å². The van der Waals surface area contributed by atoms with Crippen LogP contribution < -0.4 is 4.74 Å². The molecule has 110 valence electrons. The van der Waals surface area contributed by atoms with Gasteiger partial charge >= 0.3 is 0 Å². The summed E-state index contributed by atoms with van der Waals surface area (Å²) in [5.74, 6) is 0.695. The number of rotatable bonds is 1. The summed E-state index contributed by atoms with van der Waals surface area (Å²) in [5, 5.41) is 20.0. The normalized spacial score (nSPS) is 26.1. The molecule has 1 aromatic carbocycles. The van der Waals surface area contributed by atoms with Crippen LogP contribution in [0.25, 0.3) is 0 Å². The van der Waals surface area contributed by atoms with Crippen molar-refractivity contribution >= 4 is 17.0 Å². The van der Waals surface area contributed by atoms with Crippen molar-refractivity contribution in [3.05, 3.63) is 29.3 Å². The van der Waals surface area contributed by atoms with E-state index in [-0.39, 0.29) is 5.25 Å². The van der Waals surface area contributed by atoms with E-state index < -0.39 is 11.7 Å². The van der Waals surface area contributed by atoms with Crippen LogP contribution in [-0.2, 0) is 4.74 Å². The molecule has 5 nitrogen and oxygen atoms in total. The lowest BCUT2D eigenvalue weighted by molar-refractivity contribution is -0.0428. The number of hydrogen-bond donors (Lipinski definition) is 1. The largest absolute Gasteiger partial charge is 0.485 e. The number of nitriles is 1. The van der Waals surface area contributed by atoms with Gasteiger partial charge in [-0.15, -0.1) is 0 Å². The summed E-state index contributed by atoms with van der Waals surface area (Å²) in [6, 6.07) is 7.39. The van der Waals surface area contributed by atoms with E-state index >= 15 is 0 Å². The standard InChI is InChI=1S/C15H16N2O3S/c1-15(2)13(18)12(21-14-17-5-6-19-14)10-7-9(8-16)3-4-11(10)20-15/h3-4,7,12-13,18H,5-6H2,1-2H3/t12-,13+/m1/s1. The minimum Gasteiger partial charge on any atom is -0.485 e. The van der Waals surface area contributed by atoms with Gasteiger partial charge in [-0.3, -0.25) is 0 Å². The Bertz CT molecular complexity index is 636. The summed E-state index contributed by atoms with van der Waals surface area (Å²) < 4.78 is 11.3. The zero-order valence-corrected chi connectivity index (χ0v) is 12.7. The Balaban J connectivity index is 2.01. The van der Waals surface area contributed by atoms with E-state index in [9.17, 15) is 5.11 Å². The maximum Gasteiger partial charge on any atom is 0.246 e.